The number of hydrogen-bond acceptors (Lipinski definition) is 2. The van der Waals surface area contributed by atoms with E-state index < -0.39 is 5.60 Å². The van der Waals surface area contributed by atoms with E-state index in [4.69, 9.17) is 11.6 Å². The average molecular weight is 364 g/mol. The van der Waals surface area contributed by atoms with Crippen LogP contribution in [0.2, 0.25) is 5.02 Å². The molecule has 0 saturated heterocycles. The van der Waals surface area contributed by atoms with E-state index in [0.29, 0.717) is 28.4 Å². The van der Waals surface area contributed by atoms with E-state index in [9.17, 15) is 9.90 Å². The molecule has 0 fully saturated rings. The molecule has 0 saturated carbocycles. The molecule has 0 aromatic heterocycles. The van der Waals surface area contributed by atoms with Crippen molar-refractivity contribution in [1.29, 1.82) is 0 Å². The monoisotopic (exact) mass is 363 g/mol. The summed E-state index contributed by atoms with van der Waals surface area (Å²) in [6.07, 6.45) is 0. The van der Waals surface area contributed by atoms with Gasteiger partial charge in [-0.1, -0.05) is 71.8 Å². The molecule has 1 amide bonds. The lowest BCUT2D eigenvalue weighted by molar-refractivity contribution is -0.132. The van der Waals surface area contributed by atoms with Crippen molar-refractivity contribution in [2.45, 2.75) is 19.1 Å². The molecule has 0 radical (unpaired) electrons. The van der Waals surface area contributed by atoms with Crippen LogP contribution in [0, 0.1) is 6.92 Å². The van der Waals surface area contributed by atoms with Crippen LogP contribution in [-0.4, -0.2) is 11.0 Å². The van der Waals surface area contributed by atoms with Crippen LogP contribution in [0.1, 0.15) is 22.3 Å². The quantitative estimate of drug-likeness (QED) is 0.747. The van der Waals surface area contributed by atoms with Gasteiger partial charge >= 0.3 is 0 Å². The van der Waals surface area contributed by atoms with Crippen molar-refractivity contribution in [3.05, 3.63) is 100 Å². The largest absolute Gasteiger partial charge is 0.372 e. The molecule has 26 heavy (non-hydrogen) atoms. The van der Waals surface area contributed by atoms with E-state index in [-0.39, 0.29) is 5.91 Å². The molecule has 3 nitrogen and oxygen atoms in total. The van der Waals surface area contributed by atoms with Crippen molar-refractivity contribution < 1.29 is 9.90 Å². The van der Waals surface area contributed by atoms with Gasteiger partial charge in [-0.05, 0) is 36.2 Å². The minimum atomic E-state index is -1.74. The van der Waals surface area contributed by atoms with Crippen molar-refractivity contribution in [3.8, 4) is 0 Å². The zero-order valence-corrected chi connectivity index (χ0v) is 15.1. The number of fused-ring (bicyclic) bond motifs is 1. The number of amides is 1. The van der Waals surface area contributed by atoms with Crippen molar-refractivity contribution in [2.24, 2.45) is 0 Å². The van der Waals surface area contributed by atoms with Gasteiger partial charge in [0.2, 0.25) is 0 Å². The molecular formula is C22H18ClNO2. The number of aliphatic hydroxyl groups is 1. The maximum absolute atomic E-state index is 13.3. The first-order valence-electron chi connectivity index (χ1n) is 8.45. The van der Waals surface area contributed by atoms with Crippen LogP contribution < -0.4 is 4.90 Å². The summed E-state index contributed by atoms with van der Waals surface area (Å²) in [6, 6.07) is 22.4. The van der Waals surface area contributed by atoms with Crippen LogP contribution in [0.5, 0.6) is 0 Å². The summed E-state index contributed by atoms with van der Waals surface area (Å²) < 4.78 is 0. The standard InChI is InChI=1S/C22H18ClNO2/c1-15-6-5-9-17(12-15)22(26)19-13-18(23)10-11-20(19)24(21(22)25)14-16-7-3-2-4-8-16/h2-13,26H,14H2,1H3. The Bertz CT molecular complexity index is 986. The Balaban J connectivity index is 1.87. The smallest absolute Gasteiger partial charge is 0.268 e. The van der Waals surface area contributed by atoms with Crippen LogP contribution in [0.25, 0.3) is 0 Å². The molecule has 1 aliphatic heterocycles. The lowest BCUT2D eigenvalue weighted by Gasteiger charge is -2.24. The Morgan fingerprint density at radius 1 is 1.00 bits per heavy atom. The third-order valence-electron chi connectivity index (χ3n) is 4.81. The van der Waals surface area contributed by atoms with Crippen molar-refractivity contribution >= 4 is 23.2 Å². The minimum Gasteiger partial charge on any atom is -0.372 e. The molecule has 4 rings (SSSR count). The second kappa shape index (κ2) is 6.27. The van der Waals surface area contributed by atoms with Gasteiger partial charge in [0.1, 0.15) is 0 Å². The van der Waals surface area contributed by atoms with E-state index in [1.54, 1.807) is 29.2 Å². The Kier molecular flexibility index (Phi) is 4.06. The zero-order valence-electron chi connectivity index (χ0n) is 14.3. The highest BCUT2D eigenvalue weighted by Gasteiger charge is 2.51. The molecule has 0 aliphatic carbocycles. The van der Waals surface area contributed by atoms with Crippen LogP contribution in [0.4, 0.5) is 5.69 Å². The molecule has 130 valence electrons. The van der Waals surface area contributed by atoms with Crippen LogP contribution in [0.15, 0.2) is 72.8 Å². The molecule has 1 N–H and O–H groups in total. The van der Waals surface area contributed by atoms with E-state index in [1.807, 2.05) is 55.5 Å². The predicted octanol–water partition coefficient (Wildman–Crippen LogP) is 4.43. The van der Waals surface area contributed by atoms with Crippen LogP contribution in [0.3, 0.4) is 0 Å². The highest BCUT2D eigenvalue weighted by atomic mass is 35.5. The second-order valence-electron chi connectivity index (χ2n) is 6.62. The fourth-order valence-corrected chi connectivity index (χ4v) is 3.70. The number of nitrogens with zero attached hydrogens (tertiary/aromatic N) is 1. The molecule has 0 spiro atoms. The number of aryl methyl sites for hydroxylation is 1. The van der Waals surface area contributed by atoms with Crippen molar-refractivity contribution in [1.82, 2.24) is 0 Å². The fourth-order valence-electron chi connectivity index (χ4n) is 3.53. The molecule has 1 unspecified atom stereocenters. The average Bonchev–Trinajstić information content (AvgIpc) is 2.85. The Hall–Kier alpha value is -2.62. The summed E-state index contributed by atoms with van der Waals surface area (Å²) in [5.74, 6) is -0.357. The zero-order chi connectivity index (χ0) is 18.3. The van der Waals surface area contributed by atoms with Gasteiger partial charge in [-0.2, -0.15) is 0 Å². The molecule has 0 bridgehead atoms. The van der Waals surface area contributed by atoms with Gasteiger partial charge in [-0.25, -0.2) is 0 Å². The number of carbonyl (C=O) groups is 1. The maximum atomic E-state index is 13.3. The lowest BCUT2D eigenvalue weighted by Crippen LogP contribution is -2.40. The Labute approximate surface area is 157 Å². The van der Waals surface area contributed by atoms with Crippen molar-refractivity contribution in [3.63, 3.8) is 0 Å². The fraction of sp³-hybridized carbons (Fsp3) is 0.136. The van der Waals surface area contributed by atoms with Gasteiger partial charge in [0.15, 0.2) is 5.60 Å². The van der Waals surface area contributed by atoms with Gasteiger partial charge in [0.05, 0.1) is 12.2 Å². The van der Waals surface area contributed by atoms with E-state index in [2.05, 4.69) is 0 Å². The molecule has 4 heteroatoms. The minimum absolute atomic E-state index is 0.357. The highest BCUT2D eigenvalue weighted by molar-refractivity contribution is 6.31. The first kappa shape index (κ1) is 16.8. The molecule has 1 atom stereocenters. The predicted molar refractivity (Wildman–Crippen MR) is 103 cm³/mol. The maximum Gasteiger partial charge on any atom is 0.268 e. The van der Waals surface area contributed by atoms with Gasteiger partial charge in [-0.3, -0.25) is 4.79 Å². The Morgan fingerprint density at radius 3 is 2.50 bits per heavy atom. The second-order valence-corrected chi connectivity index (χ2v) is 7.05. The lowest BCUT2D eigenvalue weighted by atomic mass is 9.87. The first-order chi connectivity index (χ1) is 12.5. The van der Waals surface area contributed by atoms with Gasteiger partial charge < -0.3 is 10.0 Å². The molecule has 1 heterocycles. The first-order valence-corrected chi connectivity index (χ1v) is 8.83. The third kappa shape index (κ3) is 2.61. The van der Waals surface area contributed by atoms with E-state index >= 15 is 0 Å². The Morgan fingerprint density at radius 2 is 1.77 bits per heavy atom. The third-order valence-corrected chi connectivity index (χ3v) is 5.05. The van der Waals surface area contributed by atoms with Gasteiger partial charge in [0.25, 0.3) is 5.91 Å². The molecule has 3 aromatic rings. The van der Waals surface area contributed by atoms with Crippen LogP contribution >= 0.6 is 11.6 Å². The molecule has 3 aromatic carbocycles. The number of halogens is 1. The number of carbonyl (C=O) groups excluding carboxylic acids is 1. The van der Waals surface area contributed by atoms with Gasteiger partial charge in [-0.15, -0.1) is 0 Å². The van der Waals surface area contributed by atoms with Crippen molar-refractivity contribution in [2.75, 3.05) is 4.90 Å². The summed E-state index contributed by atoms with van der Waals surface area (Å²) in [5, 5.41) is 12.0. The normalized spacial score (nSPS) is 18.9. The van der Waals surface area contributed by atoms with E-state index in [1.165, 1.54) is 0 Å². The number of anilines is 1. The van der Waals surface area contributed by atoms with E-state index in [0.717, 1.165) is 11.1 Å². The number of benzene rings is 3. The summed E-state index contributed by atoms with van der Waals surface area (Å²) in [4.78, 5) is 15.0. The number of rotatable bonds is 3. The summed E-state index contributed by atoms with van der Waals surface area (Å²) in [6.45, 7) is 2.33. The van der Waals surface area contributed by atoms with Gasteiger partial charge in [0, 0.05) is 10.6 Å². The number of hydrogen-bond donors (Lipinski definition) is 1. The van der Waals surface area contributed by atoms with Crippen LogP contribution in [-0.2, 0) is 16.9 Å². The summed E-state index contributed by atoms with van der Waals surface area (Å²) in [5.41, 5.74) is 2.01. The summed E-state index contributed by atoms with van der Waals surface area (Å²) >= 11 is 6.18. The molecule has 1 aliphatic rings. The summed E-state index contributed by atoms with van der Waals surface area (Å²) in [7, 11) is 0. The topological polar surface area (TPSA) is 40.5 Å². The SMILES string of the molecule is Cc1cccc(C2(O)C(=O)N(Cc3ccccc3)c3ccc(Cl)cc32)c1. The highest BCUT2D eigenvalue weighted by Crippen LogP contribution is 2.46. The molecular weight excluding hydrogens is 346 g/mol.